The molecule has 200 valence electrons. The number of hydrogen-bond acceptors (Lipinski definition) is 4. The summed E-state index contributed by atoms with van der Waals surface area (Å²) in [6.45, 7) is 13.5. The molecule has 0 atom stereocenters. The summed E-state index contributed by atoms with van der Waals surface area (Å²) >= 11 is 1.63. The topological polar surface area (TPSA) is 46.0 Å². The normalized spacial score (nSPS) is 12.3. The van der Waals surface area contributed by atoms with Crippen molar-refractivity contribution in [3.05, 3.63) is 102 Å². The molecule has 6 rings (SSSR count). The highest BCUT2D eigenvalue weighted by atomic mass is 32.1. The molecule has 4 aromatic carbocycles. The average molecular weight is 543 g/mol. The van der Waals surface area contributed by atoms with Crippen LogP contribution in [0.3, 0.4) is 0 Å². The SMILES string of the molecule is CC(C)(C)c1cc(-c2cc3ccccc3cn2)cc(-c2cc(C(C)(C)C)cc3sc(-c4ccccc4O)nc23)c1. The highest BCUT2D eigenvalue weighted by Gasteiger charge is 2.23. The molecule has 6 aromatic rings. The van der Waals surface area contributed by atoms with Crippen molar-refractivity contribution in [1.29, 1.82) is 0 Å². The van der Waals surface area contributed by atoms with Gasteiger partial charge in [-0.2, -0.15) is 0 Å². The summed E-state index contributed by atoms with van der Waals surface area (Å²) in [6.07, 6.45) is 1.96. The second kappa shape index (κ2) is 9.57. The van der Waals surface area contributed by atoms with E-state index in [0.717, 1.165) is 48.6 Å². The highest BCUT2D eigenvalue weighted by Crippen LogP contribution is 2.43. The number of benzene rings is 4. The van der Waals surface area contributed by atoms with E-state index in [4.69, 9.17) is 9.97 Å². The summed E-state index contributed by atoms with van der Waals surface area (Å²) in [5.74, 6) is 0.249. The predicted octanol–water partition coefficient (Wildman–Crippen LogP) is 10.1. The Kier molecular flexibility index (Phi) is 6.27. The van der Waals surface area contributed by atoms with Gasteiger partial charge < -0.3 is 5.11 Å². The molecule has 0 aliphatic heterocycles. The first-order valence-electron chi connectivity index (χ1n) is 13.7. The van der Waals surface area contributed by atoms with E-state index < -0.39 is 0 Å². The second-order valence-corrected chi connectivity index (χ2v) is 13.7. The van der Waals surface area contributed by atoms with Gasteiger partial charge in [-0.05, 0) is 75.4 Å². The number of hydrogen-bond donors (Lipinski definition) is 1. The Bertz CT molecular complexity index is 1890. The predicted molar refractivity (Wildman–Crippen MR) is 170 cm³/mol. The molecule has 4 heteroatoms. The zero-order valence-corrected chi connectivity index (χ0v) is 24.7. The minimum Gasteiger partial charge on any atom is -0.507 e. The van der Waals surface area contributed by atoms with Crippen LogP contribution in [0.15, 0.2) is 91.1 Å². The third-order valence-electron chi connectivity index (χ3n) is 7.53. The van der Waals surface area contributed by atoms with Gasteiger partial charge >= 0.3 is 0 Å². The molecule has 1 N–H and O–H groups in total. The molecule has 0 amide bonds. The average Bonchev–Trinajstić information content (AvgIpc) is 3.35. The van der Waals surface area contributed by atoms with E-state index in [1.807, 2.05) is 30.5 Å². The van der Waals surface area contributed by atoms with Crippen LogP contribution < -0.4 is 0 Å². The number of aromatic nitrogens is 2. The summed E-state index contributed by atoms with van der Waals surface area (Å²) in [4.78, 5) is 9.99. The van der Waals surface area contributed by atoms with Gasteiger partial charge in [0.1, 0.15) is 10.8 Å². The summed E-state index contributed by atoms with van der Waals surface area (Å²) in [7, 11) is 0. The van der Waals surface area contributed by atoms with Gasteiger partial charge in [0.25, 0.3) is 0 Å². The van der Waals surface area contributed by atoms with Gasteiger partial charge in [0, 0.05) is 22.7 Å². The number of phenols is 1. The maximum absolute atomic E-state index is 10.6. The maximum atomic E-state index is 10.6. The van der Waals surface area contributed by atoms with Gasteiger partial charge in [-0.25, -0.2) is 4.98 Å². The quantitative estimate of drug-likeness (QED) is 0.242. The van der Waals surface area contributed by atoms with Crippen LogP contribution in [0.1, 0.15) is 52.7 Å². The number of nitrogens with zero attached hydrogens (tertiary/aromatic N) is 2. The Labute approximate surface area is 240 Å². The number of aromatic hydroxyl groups is 1. The van der Waals surface area contributed by atoms with Gasteiger partial charge in [-0.3, -0.25) is 4.98 Å². The number of rotatable bonds is 3. The third kappa shape index (κ3) is 4.89. The highest BCUT2D eigenvalue weighted by molar-refractivity contribution is 7.21. The fourth-order valence-electron chi connectivity index (χ4n) is 5.06. The fraction of sp³-hybridized carbons (Fsp3) is 0.222. The maximum Gasteiger partial charge on any atom is 0.128 e. The number of phenolic OH excluding ortho intramolecular Hbond substituents is 1. The monoisotopic (exact) mass is 542 g/mol. The number of para-hydroxylation sites is 1. The first-order chi connectivity index (χ1) is 19.0. The Morgan fingerprint density at radius 2 is 1.30 bits per heavy atom. The molecular weight excluding hydrogens is 508 g/mol. The van der Waals surface area contributed by atoms with Crippen LogP contribution in [0.4, 0.5) is 0 Å². The minimum absolute atomic E-state index is 0.0354. The van der Waals surface area contributed by atoms with Crippen LogP contribution >= 0.6 is 11.3 Å². The molecule has 0 aliphatic carbocycles. The van der Waals surface area contributed by atoms with E-state index in [-0.39, 0.29) is 16.6 Å². The van der Waals surface area contributed by atoms with E-state index in [0.29, 0.717) is 0 Å². The Morgan fingerprint density at radius 3 is 2.02 bits per heavy atom. The molecule has 0 bridgehead atoms. The molecule has 0 unspecified atom stereocenters. The smallest absolute Gasteiger partial charge is 0.128 e. The van der Waals surface area contributed by atoms with Crippen molar-refractivity contribution in [2.75, 3.05) is 0 Å². The number of pyridine rings is 1. The molecule has 3 nitrogen and oxygen atoms in total. The van der Waals surface area contributed by atoms with Crippen LogP contribution in [0, 0.1) is 0 Å². The summed E-state index contributed by atoms with van der Waals surface area (Å²) in [5, 5.41) is 13.7. The van der Waals surface area contributed by atoms with Gasteiger partial charge in [-0.15, -0.1) is 11.3 Å². The molecule has 0 aliphatic rings. The number of fused-ring (bicyclic) bond motifs is 2. The van der Waals surface area contributed by atoms with Gasteiger partial charge in [0.15, 0.2) is 0 Å². The molecule has 0 saturated heterocycles. The van der Waals surface area contributed by atoms with Crippen LogP contribution in [0.5, 0.6) is 5.75 Å². The largest absolute Gasteiger partial charge is 0.507 e. The Hall–Kier alpha value is -4.02. The van der Waals surface area contributed by atoms with Crippen LogP contribution in [-0.2, 0) is 10.8 Å². The first-order valence-corrected chi connectivity index (χ1v) is 14.5. The van der Waals surface area contributed by atoms with Crippen molar-refractivity contribution in [2.45, 2.75) is 52.4 Å². The standard InChI is InChI=1S/C36H34N2OS/c1-35(2,3)26-16-24(15-25(17-26)30-18-22-11-7-8-12-23(22)21-37-30)29-19-27(36(4,5)6)20-32-33(29)38-34(40-32)28-13-9-10-14-31(28)39/h7-21,39H,1-6H3. The lowest BCUT2D eigenvalue weighted by Gasteiger charge is -2.23. The van der Waals surface area contributed by atoms with Gasteiger partial charge in [0.05, 0.1) is 21.5 Å². The Morgan fingerprint density at radius 1 is 0.650 bits per heavy atom. The van der Waals surface area contributed by atoms with Crippen LogP contribution in [-0.4, -0.2) is 15.1 Å². The Balaban J connectivity index is 1.62. The molecule has 40 heavy (non-hydrogen) atoms. The summed E-state index contributed by atoms with van der Waals surface area (Å²) in [6, 6.07) is 29.4. The van der Waals surface area contributed by atoms with E-state index in [1.165, 1.54) is 16.5 Å². The van der Waals surface area contributed by atoms with Crippen molar-refractivity contribution in [1.82, 2.24) is 9.97 Å². The molecular formula is C36H34N2OS. The van der Waals surface area contributed by atoms with Crippen molar-refractivity contribution in [2.24, 2.45) is 0 Å². The lowest BCUT2D eigenvalue weighted by molar-refractivity contribution is 0.477. The zero-order valence-electron chi connectivity index (χ0n) is 23.9. The van der Waals surface area contributed by atoms with Crippen LogP contribution in [0.25, 0.3) is 53.9 Å². The second-order valence-electron chi connectivity index (χ2n) is 12.6. The molecule has 0 spiro atoms. The lowest BCUT2D eigenvalue weighted by atomic mass is 9.82. The van der Waals surface area contributed by atoms with Crippen molar-refractivity contribution in [3.63, 3.8) is 0 Å². The fourth-order valence-corrected chi connectivity index (χ4v) is 6.12. The molecule has 0 fully saturated rings. The van der Waals surface area contributed by atoms with Crippen LogP contribution in [0.2, 0.25) is 0 Å². The molecule has 2 aromatic heterocycles. The lowest BCUT2D eigenvalue weighted by Crippen LogP contribution is -2.12. The van der Waals surface area contributed by atoms with Crippen molar-refractivity contribution in [3.8, 4) is 38.7 Å². The first kappa shape index (κ1) is 26.2. The van der Waals surface area contributed by atoms with Crippen molar-refractivity contribution < 1.29 is 5.11 Å². The van der Waals surface area contributed by atoms with Gasteiger partial charge in [0.2, 0.25) is 0 Å². The van der Waals surface area contributed by atoms with E-state index in [2.05, 4.69) is 96.1 Å². The molecule has 0 radical (unpaired) electrons. The molecule has 2 heterocycles. The van der Waals surface area contributed by atoms with Gasteiger partial charge in [-0.1, -0.05) is 84.0 Å². The summed E-state index contributed by atoms with van der Waals surface area (Å²) in [5.41, 5.74) is 8.43. The molecule has 0 saturated carbocycles. The van der Waals surface area contributed by atoms with E-state index in [1.54, 1.807) is 17.4 Å². The number of thiazole rings is 1. The zero-order chi connectivity index (χ0) is 28.2. The van der Waals surface area contributed by atoms with E-state index in [9.17, 15) is 5.11 Å². The minimum atomic E-state index is -0.0502. The third-order valence-corrected chi connectivity index (χ3v) is 8.57. The van der Waals surface area contributed by atoms with E-state index >= 15 is 0 Å². The summed E-state index contributed by atoms with van der Waals surface area (Å²) < 4.78 is 1.12. The van der Waals surface area contributed by atoms with Crippen molar-refractivity contribution >= 4 is 32.3 Å².